The van der Waals surface area contributed by atoms with Crippen LogP contribution >= 0.6 is 0 Å². The van der Waals surface area contributed by atoms with Crippen molar-refractivity contribution in [2.45, 2.75) is 13.0 Å². The summed E-state index contributed by atoms with van der Waals surface area (Å²) in [4.78, 5) is 24.1. The standard InChI is InChI=1S/C5H4N4.C3H7NO2/c1-4-5(8-2-6-1)9-3-7-4;1-2(4)3(5)6/h1-3H,(H,6,7,8,9);2H,4H2,1H3,(H,5,6). The van der Waals surface area contributed by atoms with Crippen LogP contribution in [0.1, 0.15) is 6.92 Å². The second-order valence-electron chi connectivity index (χ2n) is 2.79. The molecule has 4 N–H and O–H groups in total. The third-order valence-corrected chi connectivity index (χ3v) is 1.49. The number of carbonyl (C=O) groups is 1. The van der Waals surface area contributed by atoms with Crippen molar-refractivity contribution < 1.29 is 9.90 Å². The summed E-state index contributed by atoms with van der Waals surface area (Å²) in [5, 5.41) is 7.87. The number of carboxylic acids is 1. The van der Waals surface area contributed by atoms with Gasteiger partial charge in [-0.3, -0.25) is 4.79 Å². The van der Waals surface area contributed by atoms with Gasteiger partial charge < -0.3 is 15.8 Å². The number of carboxylic acid groups (broad SMARTS) is 1. The topological polar surface area (TPSA) is 118 Å². The number of nitrogens with one attached hydrogen (secondary N) is 1. The van der Waals surface area contributed by atoms with E-state index in [0.717, 1.165) is 5.52 Å². The summed E-state index contributed by atoms with van der Waals surface area (Å²) < 4.78 is 0. The minimum absolute atomic E-state index is 0.713. The summed E-state index contributed by atoms with van der Waals surface area (Å²) in [6.45, 7) is 1.42. The van der Waals surface area contributed by atoms with E-state index in [1.165, 1.54) is 13.3 Å². The molecule has 1 atom stereocenters. The lowest BCUT2D eigenvalue weighted by atomic mass is 10.4. The van der Waals surface area contributed by atoms with Crippen LogP contribution in [0.2, 0.25) is 0 Å². The second-order valence-corrected chi connectivity index (χ2v) is 2.79. The highest BCUT2D eigenvalue weighted by Crippen LogP contribution is 1.99. The monoisotopic (exact) mass is 209 g/mol. The number of hydrogen-bond donors (Lipinski definition) is 3. The zero-order valence-electron chi connectivity index (χ0n) is 8.08. The summed E-state index contributed by atoms with van der Waals surface area (Å²) in [5.41, 5.74) is 6.42. The highest BCUT2D eigenvalue weighted by molar-refractivity contribution is 5.72. The van der Waals surface area contributed by atoms with Gasteiger partial charge in [0.2, 0.25) is 0 Å². The summed E-state index contributed by atoms with van der Waals surface area (Å²) >= 11 is 0. The summed E-state index contributed by atoms with van der Waals surface area (Å²) in [5.74, 6) is -0.963. The van der Waals surface area contributed by atoms with Crippen LogP contribution in [-0.4, -0.2) is 37.1 Å². The molecule has 0 saturated heterocycles. The van der Waals surface area contributed by atoms with Crippen LogP contribution in [0, 0.1) is 0 Å². The quantitative estimate of drug-likeness (QED) is 0.597. The molecule has 7 nitrogen and oxygen atoms in total. The average Bonchev–Trinajstić information content (AvgIpc) is 2.66. The second kappa shape index (κ2) is 5.01. The molecule has 0 bridgehead atoms. The SMILES string of the molecule is CC(N)C(=O)O.c1ncc2[nH]cnc2n1. The smallest absolute Gasteiger partial charge is 0.320 e. The number of nitrogens with zero attached hydrogens (tertiary/aromatic N) is 3. The lowest BCUT2D eigenvalue weighted by Crippen LogP contribution is -2.25. The lowest BCUT2D eigenvalue weighted by Gasteiger charge is -1.90. The van der Waals surface area contributed by atoms with E-state index in [9.17, 15) is 4.79 Å². The van der Waals surface area contributed by atoms with Crippen LogP contribution in [0.25, 0.3) is 11.2 Å². The normalized spacial score (nSPS) is 11.6. The van der Waals surface area contributed by atoms with Gasteiger partial charge in [0.1, 0.15) is 17.9 Å². The lowest BCUT2D eigenvalue weighted by molar-refractivity contribution is -0.138. The molecule has 2 rings (SSSR count). The molecule has 80 valence electrons. The minimum Gasteiger partial charge on any atom is -0.480 e. The maximum Gasteiger partial charge on any atom is 0.320 e. The zero-order valence-corrected chi connectivity index (χ0v) is 8.08. The Morgan fingerprint density at radius 1 is 1.60 bits per heavy atom. The third-order valence-electron chi connectivity index (χ3n) is 1.49. The molecule has 7 heteroatoms. The van der Waals surface area contributed by atoms with E-state index >= 15 is 0 Å². The molecule has 0 aliphatic carbocycles. The van der Waals surface area contributed by atoms with Crippen molar-refractivity contribution in [1.82, 2.24) is 19.9 Å². The number of rotatable bonds is 1. The molecule has 0 aliphatic rings. The van der Waals surface area contributed by atoms with E-state index in [0.29, 0.717) is 5.65 Å². The summed E-state index contributed by atoms with van der Waals surface area (Å²) in [6.07, 6.45) is 4.76. The Morgan fingerprint density at radius 2 is 2.27 bits per heavy atom. The Kier molecular flexibility index (Phi) is 3.69. The Balaban J connectivity index is 0.000000167. The highest BCUT2D eigenvalue weighted by Gasteiger charge is 1.99. The van der Waals surface area contributed by atoms with Crippen LogP contribution < -0.4 is 5.73 Å². The van der Waals surface area contributed by atoms with Gasteiger partial charge in [0.15, 0.2) is 5.65 Å². The number of fused-ring (bicyclic) bond motifs is 1. The number of imidazole rings is 1. The zero-order chi connectivity index (χ0) is 11.3. The molecular formula is C8H11N5O2. The molecule has 0 aromatic carbocycles. The molecular weight excluding hydrogens is 198 g/mol. The van der Waals surface area contributed by atoms with E-state index in [1.807, 2.05) is 0 Å². The molecule has 0 amide bonds. The van der Waals surface area contributed by atoms with Gasteiger partial charge >= 0.3 is 5.97 Å². The van der Waals surface area contributed by atoms with Crippen molar-refractivity contribution in [3.8, 4) is 0 Å². The molecule has 0 spiro atoms. The molecule has 2 aromatic heterocycles. The molecule has 0 saturated carbocycles. The first kappa shape index (κ1) is 11.1. The molecule has 2 aromatic rings. The van der Waals surface area contributed by atoms with E-state index < -0.39 is 12.0 Å². The highest BCUT2D eigenvalue weighted by atomic mass is 16.4. The van der Waals surface area contributed by atoms with Crippen molar-refractivity contribution in [2.24, 2.45) is 5.73 Å². The van der Waals surface area contributed by atoms with E-state index in [-0.39, 0.29) is 0 Å². The Morgan fingerprint density at radius 3 is 2.80 bits per heavy atom. The first-order valence-electron chi connectivity index (χ1n) is 4.18. The van der Waals surface area contributed by atoms with Gasteiger partial charge in [0.25, 0.3) is 0 Å². The van der Waals surface area contributed by atoms with Crippen LogP contribution in [0.5, 0.6) is 0 Å². The molecule has 15 heavy (non-hydrogen) atoms. The molecule has 1 unspecified atom stereocenters. The van der Waals surface area contributed by atoms with Gasteiger partial charge in [-0.15, -0.1) is 0 Å². The van der Waals surface area contributed by atoms with Crippen LogP contribution in [0.15, 0.2) is 18.9 Å². The van der Waals surface area contributed by atoms with E-state index in [4.69, 9.17) is 10.8 Å². The van der Waals surface area contributed by atoms with Crippen LogP contribution in [0.4, 0.5) is 0 Å². The van der Waals surface area contributed by atoms with Gasteiger partial charge in [0.05, 0.1) is 12.5 Å². The summed E-state index contributed by atoms with van der Waals surface area (Å²) in [6, 6.07) is -0.731. The van der Waals surface area contributed by atoms with Crippen molar-refractivity contribution in [1.29, 1.82) is 0 Å². The van der Waals surface area contributed by atoms with Crippen molar-refractivity contribution >= 4 is 17.1 Å². The third kappa shape index (κ3) is 3.31. The van der Waals surface area contributed by atoms with Gasteiger partial charge in [-0.2, -0.15) is 0 Å². The van der Waals surface area contributed by atoms with Crippen LogP contribution in [-0.2, 0) is 4.79 Å². The van der Waals surface area contributed by atoms with Gasteiger partial charge in [-0.05, 0) is 6.92 Å². The number of aliphatic carboxylic acids is 1. The Hall–Kier alpha value is -2.02. The maximum atomic E-state index is 9.57. The van der Waals surface area contributed by atoms with Crippen molar-refractivity contribution in [3.05, 3.63) is 18.9 Å². The number of aromatic nitrogens is 4. The van der Waals surface area contributed by atoms with E-state index in [2.05, 4.69) is 19.9 Å². The fourth-order valence-electron chi connectivity index (χ4n) is 0.691. The fraction of sp³-hybridized carbons (Fsp3) is 0.250. The molecule has 2 heterocycles. The number of aromatic amines is 1. The average molecular weight is 209 g/mol. The molecule has 0 fully saturated rings. The predicted molar refractivity (Wildman–Crippen MR) is 53.0 cm³/mol. The fourth-order valence-corrected chi connectivity index (χ4v) is 0.691. The minimum atomic E-state index is -0.963. The predicted octanol–water partition coefficient (Wildman–Crippen LogP) is -0.229. The van der Waals surface area contributed by atoms with Crippen molar-refractivity contribution in [3.63, 3.8) is 0 Å². The Labute approximate surface area is 85.4 Å². The van der Waals surface area contributed by atoms with Gasteiger partial charge in [-0.1, -0.05) is 0 Å². The summed E-state index contributed by atoms with van der Waals surface area (Å²) in [7, 11) is 0. The number of nitrogens with two attached hydrogens (primary N) is 1. The Bertz CT molecular complexity index is 409. The van der Waals surface area contributed by atoms with Gasteiger partial charge in [0, 0.05) is 0 Å². The number of H-pyrrole nitrogens is 1. The molecule has 0 aliphatic heterocycles. The first-order valence-corrected chi connectivity index (χ1v) is 4.18. The first-order chi connectivity index (χ1) is 7.11. The van der Waals surface area contributed by atoms with Crippen LogP contribution in [0.3, 0.4) is 0 Å². The van der Waals surface area contributed by atoms with Gasteiger partial charge in [-0.25, -0.2) is 15.0 Å². The van der Waals surface area contributed by atoms with Crippen molar-refractivity contribution in [2.75, 3.05) is 0 Å². The number of hydrogen-bond acceptors (Lipinski definition) is 5. The molecule has 0 radical (unpaired) electrons. The maximum absolute atomic E-state index is 9.57. The van der Waals surface area contributed by atoms with E-state index in [1.54, 1.807) is 12.5 Å². The largest absolute Gasteiger partial charge is 0.480 e.